The molecule has 1 aliphatic rings. The lowest BCUT2D eigenvalue weighted by molar-refractivity contribution is -0.216. The highest BCUT2D eigenvalue weighted by atomic mass is 31.2. The van der Waals surface area contributed by atoms with Crippen LogP contribution in [0.4, 0.5) is 0 Å². The van der Waals surface area contributed by atoms with E-state index in [-0.39, 0.29) is 25.7 Å². The Labute approximate surface area is 396 Å². The van der Waals surface area contributed by atoms with E-state index in [9.17, 15) is 54.3 Å². The molecule has 0 saturated heterocycles. The number of hydrogen-bond acceptors (Lipinski definition) is 15. The first-order chi connectivity index (χ1) is 31.9. The number of rotatable bonds is 37. The predicted molar refractivity (Wildman–Crippen MR) is 253 cm³/mol. The Morgan fingerprint density at radius 2 is 1.13 bits per heavy atom. The average Bonchev–Trinajstić information content (AvgIpc) is 3.27. The lowest BCUT2D eigenvalue weighted by Crippen LogP contribution is -2.64. The summed E-state index contributed by atoms with van der Waals surface area (Å²) in [5.41, 5.74) is 0. The van der Waals surface area contributed by atoms with Crippen molar-refractivity contribution in [1.82, 2.24) is 0 Å². The fourth-order valence-corrected chi connectivity index (χ4v) is 8.01. The molecule has 1 fully saturated rings. The fourth-order valence-electron chi connectivity index (χ4n) is 6.47. The molecule has 384 valence electrons. The van der Waals surface area contributed by atoms with Crippen LogP contribution < -0.4 is 0 Å². The molecular weight excluding hydrogens is 914 g/mol. The molecule has 0 amide bonds. The van der Waals surface area contributed by atoms with Crippen LogP contribution in [0.2, 0.25) is 0 Å². The molecule has 1 saturated carbocycles. The van der Waals surface area contributed by atoms with E-state index in [0.717, 1.165) is 70.6 Å². The van der Waals surface area contributed by atoms with E-state index in [0.29, 0.717) is 12.8 Å². The number of aliphatic hydroxyl groups excluding tert-OH is 6. The van der Waals surface area contributed by atoms with Gasteiger partial charge in [0.1, 0.15) is 43.2 Å². The van der Waals surface area contributed by atoms with Crippen LogP contribution in [0.25, 0.3) is 0 Å². The Bertz CT molecular complexity index is 1660. The molecule has 1 rings (SSSR count). The maximum absolute atomic E-state index is 13.0. The second-order valence-electron chi connectivity index (χ2n) is 16.1. The Morgan fingerprint density at radius 1 is 0.582 bits per heavy atom. The summed E-state index contributed by atoms with van der Waals surface area (Å²) in [6.07, 6.45) is 23.0. The summed E-state index contributed by atoms with van der Waals surface area (Å²) in [4.78, 5) is 54.3. The molecule has 10 atom stereocenters. The minimum Gasteiger partial charge on any atom is -0.462 e. The highest BCUT2D eigenvalue weighted by Gasteiger charge is 2.54. The van der Waals surface area contributed by atoms with Crippen molar-refractivity contribution in [2.24, 2.45) is 0 Å². The fraction of sp³-hybridized carbons (Fsp3) is 0.660. The highest BCUT2D eigenvalue weighted by molar-refractivity contribution is 7.47. The molecule has 0 radical (unpaired) electrons. The highest BCUT2D eigenvalue weighted by Crippen LogP contribution is 2.49. The lowest BCUT2D eigenvalue weighted by atomic mass is 9.85. The summed E-state index contributed by atoms with van der Waals surface area (Å²) in [6.45, 7) is 2.69. The quantitative estimate of drug-likeness (QED) is 0.0105. The minimum atomic E-state index is -5.40. The Kier molecular flexibility index (Phi) is 34.3. The molecule has 18 nitrogen and oxygen atoms in total. The number of aliphatic hydroxyl groups is 6. The SMILES string of the molecule is CC/C=C\C/C=C\C/C=C\CCCCCCCC(=O)O[C@H](COC(=O)CCC[C@H](O)\C=C/C=C/C=C/[C@H](O)C/C=C\CCCCC)COP(=O)(O)O[C@H]1C(O)C(O)C(O)[C@@H](OP(=O)(O)O)C1O. The van der Waals surface area contributed by atoms with Crippen molar-refractivity contribution in [2.45, 2.75) is 184 Å². The summed E-state index contributed by atoms with van der Waals surface area (Å²) in [5.74, 6) is -1.48. The van der Waals surface area contributed by atoms with Gasteiger partial charge in [0, 0.05) is 12.8 Å². The molecule has 0 aromatic carbocycles. The van der Waals surface area contributed by atoms with Gasteiger partial charge < -0.3 is 54.8 Å². The number of phosphoric acid groups is 2. The molecule has 9 N–H and O–H groups in total. The molecule has 0 aromatic heterocycles. The number of esters is 2. The van der Waals surface area contributed by atoms with Crippen LogP contribution >= 0.6 is 15.6 Å². The topological polar surface area (TPSA) is 296 Å². The van der Waals surface area contributed by atoms with Crippen molar-refractivity contribution in [3.05, 3.63) is 85.1 Å². The van der Waals surface area contributed by atoms with Crippen LogP contribution in [0, 0.1) is 0 Å². The van der Waals surface area contributed by atoms with E-state index in [1.54, 1.807) is 30.4 Å². The predicted octanol–water partition coefficient (Wildman–Crippen LogP) is 6.56. The number of allylic oxidation sites excluding steroid dienone is 11. The molecule has 0 heterocycles. The van der Waals surface area contributed by atoms with Crippen molar-refractivity contribution in [3.63, 3.8) is 0 Å². The maximum Gasteiger partial charge on any atom is 0.472 e. The van der Waals surface area contributed by atoms with Gasteiger partial charge in [0.15, 0.2) is 6.10 Å². The van der Waals surface area contributed by atoms with E-state index in [2.05, 4.69) is 60.9 Å². The van der Waals surface area contributed by atoms with Crippen LogP contribution in [-0.2, 0) is 41.8 Å². The van der Waals surface area contributed by atoms with Crippen molar-refractivity contribution < 1.29 is 87.1 Å². The van der Waals surface area contributed by atoms with Gasteiger partial charge in [0.2, 0.25) is 0 Å². The van der Waals surface area contributed by atoms with Gasteiger partial charge in [0.05, 0.1) is 18.8 Å². The molecule has 5 unspecified atom stereocenters. The zero-order chi connectivity index (χ0) is 49.9. The summed E-state index contributed by atoms with van der Waals surface area (Å²) < 4.78 is 49.1. The molecule has 67 heavy (non-hydrogen) atoms. The van der Waals surface area contributed by atoms with Crippen LogP contribution in [0.3, 0.4) is 0 Å². The average molecular weight is 993 g/mol. The summed E-state index contributed by atoms with van der Waals surface area (Å²) in [7, 11) is -10.8. The van der Waals surface area contributed by atoms with Gasteiger partial charge in [-0.05, 0) is 70.6 Å². The molecular formula is C47H78O18P2. The number of carbonyl (C=O) groups excluding carboxylic acids is 2. The van der Waals surface area contributed by atoms with Crippen LogP contribution in [-0.4, -0.2) is 125 Å². The summed E-state index contributed by atoms with van der Waals surface area (Å²) in [6, 6.07) is 0. The van der Waals surface area contributed by atoms with E-state index < -0.39 is 95.7 Å². The van der Waals surface area contributed by atoms with Crippen LogP contribution in [0.15, 0.2) is 85.1 Å². The molecule has 0 aromatic rings. The largest absolute Gasteiger partial charge is 0.472 e. The first kappa shape index (κ1) is 62.1. The third-order valence-electron chi connectivity index (χ3n) is 10.1. The van der Waals surface area contributed by atoms with Gasteiger partial charge in [-0.25, -0.2) is 9.13 Å². The van der Waals surface area contributed by atoms with Gasteiger partial charge in [-0.3, -0.25) is 23.2 Å². The van der Waals surface area contributed by atoms with E-state index >= 15 is 0 Å². The third-order valence-corrected chi connectivity index (χ3v) is 11.6. The van der Waals surface area contributed by atoms with E-state index in [1.807, 2.05) is 6.08 Å². The van der Waals surface area contributed by atoms with Crippen LogP contribution in [0.1, 0.15) is 129 Å². The zero-order valence-electron chi connectivity index (χ0n) is 39.0. The van der Waals surface area contributed by atoms with E-state index in [4.69, 9.17) is 28.3 Å². The molecule has 20 heteroatoms. The Hall–Kier alpha value is -2.90. The third kappa shape index (κ3) is 31.8. The second kappa shape index (κ2) is 37.0. The zero-order valence-corrected chi connectivity index (χ0v) is 40.8. The summed E-state index contributed by atoms with van der Waals surface area (Å²) in [5, 5.41) is 61.6. The number of ether oxygens (including phenoxy) is 2. The van der Waals surface area contributed by atoms with Crippen molar-refractivity contribution in [1.29, 1.82) is 0 Å². The van der Waals surface area contributed by atoms with Gasteiger partial charge in [-0.15, -0.1) is 0 Å². The van der Waals surface area contributed by atoms with Crippen molar-refractivity contribution >= 4 is 27.6 Å². The van der Waals surface area contributed by atoms with Gasteiger partial charge in [-0.1, -0.05) is 131 Å². The number of carbonyl (C=O) groups is 2. The minimum absolute atomic E-state index is 0.0330. The number of phosphoric ester groups is 2. The first-order valence-corrected chi connectivity index (χ1v) is 26.4. The molecule has 0 spiro atoms. The first-order valence-electron chi connectivity index (χ1n) is 23.3. The number of unbranched alkanes of at least 4 members (excludes halogenated alkanes) is 8. The van der Waals surface area contributed by atoms with Gasteiger partial charge in [0.25, 0.3) is 0 Å². The molecule has 0 aliphatic heterocycles. The second-order valence-corrected chi connectivity index (χ2v) is 18.7. The van der Waals surface area contributed by atoms with Gasteiger partial charge >= 0.3 is 27.6 Å². The monoisotopic (exact) mass is 992 g/mol. The normalized spacial score (nSPS) is 23.1. The summed E-state index contributed by atoms with van der Waals surface area (Å²) >= 11 is 0. The Balaban J connectivity index is 2.73. The Morgan fingerprint density at radius 3 is 1.78 bits per heavy atom. The molecule has 1 aliphatic carbocycles. The van der Waals surface area contributed by atoms with Crippen molar-refractivity contribution in [2.75, 3.05) is 13.2 Å². The maximum atomic E-state index is 13.0. The van der Waals surface area contributed by atoms with E-state index in [1.165, 1.54) is 12.5 Å². The smallest absolute Gasteiger partial charge is 0.462 e. The van der Waals surface area contributed by atoms with Gasteiger partial charge in [-0.2, -0.15) is 0 Å². The molecule has 0 bridgehead atoms. The van der Waals surface area contributed by atoms with Crippen molar-refractivity contribution in [3.8, 4) is 0 Å². The van der Waals surface area contributed by atoms with Crippen LogP contribution in [0.5, 0.6) is 0 Å². The lowest BCUT2D eigenvalue weighted by Gasteiger charge is -2.43. The number of hydrogen-bond donors (Lipinski definition) is 9. The standard InChI is InChI=1S/C47H78O18P2/c1-3-5-7-9-11-12-13-14-15-16-17-18-19-21-27-33-41(51)63-39(36-62-67(59,60)65-47-44(54)42(52)43(53)46(45(47)55)64-66(56,57)58)35-61-40(50)34-28-32-38(49)31-26-23-22-25-30-37(48)29-24-20-10-8-6-4-2/h5,7,11-12,14-15,20,22-26,30-31,37-39,42-49,52-55H,3-4,6,8-10,13,16-19,21,27-29,32-36H2,1-2H3,(H,59,60)(H2,56,57,58)/b7-5-,12-11-,15-14-,23-22+,24-20-,30-25+,31-26-/t37-,38-,39-,42?,43?,44?,45?,46-,47+/m1/s1.